The van der Waals surface area contributed by atoms with Gasteiger partial charge in [0.25, 0.3) is 5.56 Å². The number of hydrogen-bond acceptors (Lipinski definition) is 3. The fraction of sp³-hybridized carbons (Fsp3) is 0.0500. The molecule has 3 heterocycles. The van der Waals surface area contributed by atoms with Gasteiger partial charge in [-0.05, 0) is 48.9 Å². The van der Waals surface area contributed by atoms with Gasteiger partial charge < -0.3 is 0 Å². The van der Waals surface area contributed by atoms with Crippen LogP contribution in [0.5, 0.6) is 0 Å². The Morgan fingerprint density at radius 2 is 1.81 bits per heavy atom. The Hall–Kier alpha value is -3.18. The smallest absolute Gasteiger partial charge is 0.280 e. The standard InChI is InChI=1S/C20H15ClN4O/c1-13-17(7-2-14-8-10-22-11-9-14)19-18(12-23-13)20(26)25(24-19)16-5-3-15(21)4-6-16/h2-12,24H,1H3. The predicted octanol–water partition coefficient (Wildman–Crippen LogP) is 4.24. The minimum atomic E-state index is -0.145. The number of halogens is 1. The number of fused-ring (bicyclic) bond motifs is 1. The van der Waals surface area contributed by atoms with Crippen molar-refractivity contribution in [3.05, 3.63) is 87.2 Å². The maximum absolute atomic E-state index is 12.8. The van der Waals surface area contributed by atoms with Gasteiger partial charge in [0.05, 0.1) is 16.6 Å². The van der Waals surface area contributed by atoms with Crippen LogP contribution < -0.4 is 5.56 Å². The summed E-state index contributed by atoms with van der Waals surface area (Å²) in [7, 11) is 0. The number of nitrogens with zero attached hydrogens (tertiary/aromatic N) is 3. The molecule has 0 aliphatic rings. The zero-order chi connectivity index (χ0) is 18.1. The maximum atomic E-state index is 12.8. The molecule has 3 aromatic heterocycles. The van der Waals surface area contributed by atoms with Gasteiger partial charge in [0.2, 0.25) is 0 Å². The molecule has 0 bridgehead atoms. The van der Waals surface area contributed by atoms with E-state index in [4.69, 9.17) is 11.6 Å². The lowest BCUT2D eigenvalue weighted by molar-refractivity contribution is 0.863. The lowest BCUT2D eigenvalue weighted by Crippen LogP contribution is -2.14. The zero-order valence-electron chi connectivity index (χ0n) is 14.0. The number of hydrogen-bond donors (Lipinski definition) is 1. The van der Waals surface area contributed by atoms with Crippen LogP contribution in [-0.4, -0.2) is 19.7 Å². The van der Waals surface area contributed by atoms with Gasteiger partial charge in [0.15, 0.2) is 0 Å². The number of aromatic amines is 1. The van der Waals surface area contributed by atoms with Gasteiger partial charge in [-0.25, -0.2) is 4.68 Å². The molecule has 6 heteroatoms. The van der Waals surface area contributed by atoms with E-state index in [1.807, 2.05) is 31.2 Å². The third-order valence-electron chi connectivity index (χ3n) is 4.21. The quantitative estimate of drug-likeness (QED) is 0.592. The van der Waals surface area contributed by atoms with Gasteiger partial charge in [-0.2, -0.15) is 0 Å². The van der Waals surface area contributed by atoms with Gasteiger partial charge in [-0.3, -0.25) is 19.9 Å². The van der Waals surface area contributed by atoms with Crippen molar-refractivity contribution >= 4 is 34.7 Å². The summed E-state index contributed by atoms with van der Waals surface area (Å²) in [5, 5.41) is 4.37. The highest BCUT2D eigenvalue weighted by molar-refractivity contribution is 6.30. The topological polar surface area (TPSA) is 63.6 Å². The summed E-state index contributed by atoms with van der Waals surface area (Å²) in [4.78, 5) is 21.2. The molecule has 5 nitrogen and oxygen atoms in total. The third-order valence-corrected chi connectivity index (χ3v) is 4.46. The molecule has 0 radical (unpaired) electrons. The average Bonchev–Trinajstić information content (AvgIpc) is 2.99. The fourth-order valence-electron chi connectivity index (χ4n) is 2.82. The van der Waals surface area contributed by atoms with E-state index in [9.17, 15) is 4.79 Å². The number of H-pyrrole nitrogens is 1. The van der Waals surface area contributed by atoms with E-state index < -0.39 is 0 Å². The van der Waals surface area contributed by atoms with Crippen molar-refractivity contribution in [1.82, 2.24) is 19.7 Å². The Kier molecular flexibility index (Phi) is 4.14. The molecule has 0 saturated heterocycles. The number of pyridine rings is 2. The molecule has 0 aliphatic carbocycles. The summed E-state index contributed by atoms with van der Waals surface area (Å²) in [5.74, 6) is 0. The predicted molar refractivity (Wildman–Crippen MR) is 105 cm³/mol. The second-order valence-electron chi connectivity index (χ2n) is 5.89. The minimum Gasteiger partial charge on any atom is -0.290 e. The van der Waals surface area contributed by atoms with Crippen LogP contribution in [0, 0.1) is 6.92 Å². The Morgan fingerprint density at radius 1 is 1.08 bits per heavy atom. The molecule has 26 heavy (non-hydrogen) atoms. The number of benzene rings is 1. The number of nitrogens with one attached hydrogen (secondary N) is 1. The first-order valence-electron chi connectivity index (χ1n) is 8.08. The van der Waals surface area contributed by atoms with Gasteiger partial charge in [-0.1, -0.05) is 23.8 Å². The molecule has 0 saturated carbocycles. The molecule has 0 amide bonds. The highest BCUT2D eigenvalue weighted by Gasteiger charge is 2.13. The maximum Gasteiger partial charge on any atom is 0.280 e. The monoisotopic (exact) mass is 362 g/mol. The Balaban J connectivity index is 1.87. The number of rotatable bonds is 3. The van der Waals surface area contributed by atoms with Gasteiger partial charge in [-0.15, -0.1) is 0 Å². The first kappa shape index (κ1) is 16.3. The Bertz CT molecular complexity index is 1160. The van der Waals surface area contributed by atoms with Crippen molar-refractivity contribution in [2.75, 3.05) is 0 Å². The molecule has 4 rings (SSSR count). The molecule has 128 valence electrons. The largest absolute Gasteiger partial charge is 0.290 e. The van der Waals surface area contributed by atoms with Gasteiger partial charge >= 0.3 is 0 Å². The molecular formula is C20H15ClN4O. The third kappa shape index (κ3) is 2.93. The van der Waals surface area contributed by atoms with E-state index in [0.717, 1.165) is 28.0 Å². The lowest BCUT2D eigenvalue weighted by Gasteiger charge is -2.02. The molecule has 0 spiro atoms. The van der Waals surface area contributed by atoms with Crippen LogP contribution in [0.4, 0.5) is 0 Å². The first-order valence-corrected chi connectivity index (χ1v) is 8.45. The van der Waals surface area contributed by atoms with E-state index in [-0.39, 0.29) is 5.56 Å². The lowest BCUT2D eigenvalue weighted by atomic mass is 10.1. The first-order chi connectivity index (χ1) is 12.6. The summed E-state index contributed by atoms with van der Waals surface area (Å²) in [6.07, 6.45) is 9.03. The molecule has 0 atom stereocenters. The van der Waals surface area contributed by atoms with E-state index in [2.05, 4.69) is 15.1 Å². The second kappa shape index (κ2) is 6.61. The van der Waals surface area contributed by atoms with Crippen LogP contribution in [0.25, 0.3) is 28.7 Å². The van der Waals surface area contributed by atoms with E-state index in [0.29, 0.717) is 10.4 Å². The van der Waals surface area contributed by atoms with Crippen molar-refractivity contribution in [1.29, 1.82) is 0 Å². The molecular weight excluding hydrogens is 348 g/mol. The van der Waals surface area contributed by atoms with Crippen LogP contribution in [0.15, 0.2) is 59.8 Å². The normalized spacial score (nSPS) is 11.5. The number of aromatic nitrogens is 4. The zero-order valence-corrected chi connectivity index (χ0v) is 14.7. The highest BCUT2D eigenvalue weighted by Crippen LogP contribution is 2.21. The van der Waals surface area contributed by atoms with Gasteiger partial charge in [0.1, 0.15) is 0 Å². The molecule has 4 aromatic rings. The minimum absolute atomic E-state index is 0.145. The SMILES string of the molecule is Cc1ncc2c(=O)n(-c3ccc(Cl)cc3)[nH]c2c1C=Cc1ccncc1. The average molecular weight is 363 g/mol. The Labute approximate surface area is 154 Å². The van der Waals surface area contributed by atoms with Crippen LogP contribution in [0.3, 0.4) is 0 Å². The van der Waals surface area contributed by atoms with Crippen molar-refractivity contribution in [3.8, 4) is 5.69 Å². The highest BCUT2D eigenvalue weighted by atomic mass is 35.5. The Morgan fingerprint density at radius 3 is 2.54 bits per heavy atom. The summed E-state index contributed by atoms with van der Waals surface area (Å²) < 4.78 is 1.51. The van der Waals surface area contributed by atoms with Crippen LogP contribution >= 0.6 is 11.6 Å². The van der Waals surface area contributed by atoms with E-state index >= 15 is 0 Å². The summed E-state index contributed by atoms with van der Waals surface area (Å²) in [5.41, 5.74) is 4.07. The van der Waals surface area contributed by atoms with E-state index in [1.54, 1.807) is 42.9 Å². The summed E-state index contributed by atoms with van der Waals surface area (Å²) >= 11 is 5.94. The van der Waals surface area contributed by atoms with Crippen molar-refractivity contribution < 1.29 is 0 Å². The van der Waals surface area contributed by atoms with E-state index in [1.165, 1.54) is 4.68 Å². The van der Waals surface area contributed by atoms with Crippen molar-refractivity contribution in [3.63, 3.8) is 0 Å². The molecule has 0 aliphatic heterocycles. The second-order valence-corrected chi connectivity index (χ2v) is 6.33. The molecule has 1 N–H and O–H groups in total. The van der Waals surface area contributed by atoms with Crippen LogP contribution in [0.2, 0.25) is 5.02 Å². The van der Waals surface area contributed by atoms with Crippen molar-refractivity contribution in [2.24, 2.45) is 0 Å². The summed E-state index contributed by atoms with van der Waals surface area (Å²) in [6.45, 7) is 1.92. The molecule has 0 unspecified atom stereocenters. The number of aryl methyl sites for hydroxylation is 1. The molecule has 0 fully saturated rings. The fourth-order valence-corrected chi connectivity index (χ4v) is 2.94. The summed E-state index contributed by atoms with van der Waals surface area (Å²) in [6, 6.07) is 10.9. The van der Waals surface area contributed by atoms with Gasteiger partial charge in [0, 0.05) is 34.9 Å². The van der Waals surface area contributed by atoms with Crippen LogP contribution in [-0.2, 0) is 0 Å². The van der Waals surface area contributed by atoms with Crippen LogP contribution in [0.1, 0.15) is 16.8 Å². The molecule has 1 aromatic carbocycles. The van der Waals surface area contributed by atoms with Crippen molar-refractivity contribution in [2.45, 2.75) is 6.92 Å².